The molecular formula is C19H22N3O+. The third-order valence-corrected chi connectivity index (χ3v) is 3.93. The Hall–Kier alpha value is -2.64. The van der Waals surface area contributed by atoms with Gasteiger partial charge in [0.2, 0.25) is 0 Å². The van der Waals surface area contributed by atoms with Gasteiger partial charge in [-0.15, -0.1) is 0 Å². The molecule has 0 aromatic heterocycles. The molecule has 0 bridgehead atoms. The fourth-order valence-corrected chi connectivity index (χ4v) is 2.46. The van der Waals surface area contributed by atoms with Crippen molar-refractivity contribution in [1.82, 2.24) is 0 Å². The van der Waals surface area contributed by atoms with Crippen molar-refractivity contribution >= 4 is 11.6 Å². The van der Waals surface area contributed by atoms with E-state index in [1.54, 1.807) is 12.1 Å². The minimum atomic E-state index is 0.00449. The lowest BCUT2D eigenvalue weighted by Crippen LogP contribution is -3.08. The van der Waals surface area contributed by atoms with E-state index in [4.69, 9.17) is 5.26 Å². The number of amides is 1. The first kappa shape index (κ1) is 16.7. The first-order valence-electron chi connectivity index (χ1n) is 7.66. The molecule has 23 heavy (non-hydrogen) atoms. The van der Waals surface area contributed by atoms with Crippen LogP contribution in [0.3, 0.4) is 0 Å². The second kappa shape index (κ2) is 7.57. The first-order chi connectivity index (χ1) is 11.0. The number of hydrogen-bond acceptors (Lipinski definition) is 2. The maximum absolute atomic E-state index is 12.2. The molecule has 0 heterocycles. The van der Waals surface area contributed by atoms with Gasteiger partial charge in [0.15, 0.2) is 6.54 Å². The topological polar surface area (TPSA) is 57.3 Å². The van der Waals surface area contributed by atoms with Gasteiger partial charge in [-0.3, -0.25) is 4.79 Å². The minimum Gasteiger partial charge on any atom is -0.326 e. The van der Waals surface area contributed by atoms with Crippen molar-refractivity contribution in [2.45, 2.75) is 20.4 Å². The Morgan fingerprint density at radius 1 is 1.17 bits per heavy atom. The molecule has 1 atom stereocenters. The van der Waals surface area contributed by atoms with E-state index in [1.807, 2.05) is 51.2 Å². The number of likely N-dealkylation sites (N-methyl/N-ethyl adjacent to an activating group) is 1. The van der Waals surface area contributed by atoms with Gasteiger partial charge in [-0.25, -0.2) is 0 Å². The van der Waals surface area contributed by atoms with Gasteiger partial charge >= 0.3 is 0 Å². The van der Waals surface area contributed by atoms with Crippen molar-refractivity contribution in [2.75, 3.05) is 18.9 Å². The van der Waals surface area contributed by atoms with Crippen LogP contribution in [-0.4, -0.2) is 19.5 Å². The van der Waals surface area contributed by atoms with Crippen LogP contribution in [0.2, 0.25) is 0 Å². The van der Waals surface area contributed by atoms with Gasteiger partial charge in [0, 0.05) is 11.3 Å². The molecular weight excluding hydrogens is 286 g/mol. The van der Waals surface area contributed by atoms with Gasteiger partial charge in [-0.2, -0.15) is 5.26 Å². The highest BCUT2D eigenvalue weighted by Gasteiger charge is 2.12. The van der Waals surface area contributed by atoms with Crippen LogP contribution < -0.4 is 10.2 Å². The average Bonchev–Trinajstić information content (AvgIpc) is 2.52. The van der Waals surface area contributed by atoms with E-state index in [1.165, 1.54) is 5.56 Å². The molecule has 2 rings (SSSR count). The summed E-state index contributed by atoms with van der Waals surface area (Å²) in [6.07, 6.45) is 0. The number of carbonyl (C=O) groups is 1. The molecule has 0 aliphatic carbocycles. The number of nitrogens with one attached hydrogen (secondary N) is 2. The smallest absolute Gasteiger partial charge is 0.279 e. The summed E-state index contributed by atoms with van der Waals surface area (Å²) in [6, 6.07) is 15.5. The highest BCUT2D eigenvalue weighted by Crippen LogP contribution is 2.17. The van der Waals surface area contributed by atoms with E-state index in [2.05, 4.69) is 11.4 Å². The molecule has 0 radical (unpaired) electrons. The summed E-state index contributed by atoms with van der Waals surface area (Å²) < 4.78 is 0. The number of aryl methyl sites for hydroxylation is 1. The minimum absolute atomic E-state index is 0.00449. The number of quaternary nitrogens is 1. The van der Waals surface area contributed by atoms with Crippen molar-refractivity contribution in [2.24, 2.45) is 0 Å². The van der Waals surface area contributed by atoms with Gasteiger partial charge in [0.05, 0.1) is 18.7 Å². The van der Waals surface area contributed by atoms with Crippen molar-refractivity contribution in [3.8, 4) is 6.07 Å². The maximum Gasteiger partial charge on any atom is 0.279 e. The number of rotatable bonds is 5. The van der Waals surface area contributed by atoms with E-state index < -0.39 is 0 Å². The predicted molar refractivity (Wildman–Crippen MR) is 91.2 cm³/mol. The van der Waals surface area contributed by atoms with Gasteiger partial charge in [0.1, 0.15) is 6.54 Å². The second-order valence-electron chi connectivity index (χ2n) is 5.92. The summed E-state index contributed by atoms with van der Waals surface area (Å²) in [5, 5.41) is 11.8. The Morgan fingerprint density at radius 3 is 2.52 bits per heavy atom. The van der Waals surface area contributed by atoms with E-state index in [9.17, 15) is 4.79 Å². The molecule has 4 nitrogen and oxygen atoms in total. The zero-order valence-electron chi connectivity index (χ0n) is 13.8. The standard InChI is InChI=1S/C19H21N3O/c1-14-5-4-6-18(15(14)2)21-19(23)13-22(3)12-17-9-7-16(11-20)8-10-17/h4-10H,12-13H2,1-3H3,(H,21,23)/p+1. The van der Waals surface area contributed by atoms with Crippen LogP contribution >= 0.6 is 0 Å². The third-order valence-electron chi connectivity index (χ3n) is 3.93. The Labute approximate surface area is 137 Å². The Morgan fingerprint density at radius 2 is 1.87 bits per heavy atom. The average molecular weight is 308 g/mol. The maximum atomic E-state index is 12.2. The highest BCUT2D eigenvalue weighted by atomic mass is 16.2. The number of carbonyl (C=O) groups excluding carboxylic acids is 1. The Bertz CT molecular complexity index is 729. The Kier molecular flexibility index (Phi) is 5.51. The molecule has 0 saturated heterocycles. The largest absolute Gasteiger partial charge is 0.326 e. The lowest BCUT2D eigenvalue weighted by molar-refractivity contribution is -0.885. The zero-order valence-corrected chi connectivity index (χ0v) is 13.8. The molecule has 0 aliphatic heterocycles. The third kappa shape index (κ3) is 4.67. The molecule has 0 fully saturated rings. The molecule has 1 unspecified atom stereocenters. The van der Waals surface area contributed by atoms with Crippen molar-refractivity contribution in [3.63, 3.8) is 0 Å². The molecule has 2 N–H and O–H groups in total. The predicted octanol–water partition coefficient (Wildman–Crippen LogP) is 1.83. The van der Waals surface area contributed by atoms with Crippen molar-refractivity contribution in [1.29, 1.82) is 5.26 Å². The molecule has 2 aromatic rings. The molecule has 0 saturated carbocycles. The quantitative estimate of drug-likeness (QED) is 0.885. The van der Waals surface area contributed by atoms with Crippen LogP contribution in [0, 0.1) is 25.2 Å². The zero-order chi connectivity index (χ0) is 16.8. The summed E-state index contributed by atoms with van der Waals surface area (Å²) >= 11 is 0. The van der Waals surface area contributed by atoms with Gasteiger partial charge in [-0.05, 0) is 43.2 Å². The fraction of sp³-hybridized carbons (Fsp3) is 0.263. The molecule has 1 amide bonds. The normalized spacial score (nSPS) is 11.6. The number of nitriles is 1. The van der Waals surface area contributed by atoms with E-state index in [0.29, 0.717) is 12.1 Å². The van der Waals surface area contributed by atoms with Crippen LogP contribution in [-0.2, 0) is 11.3 Å². The van der Waals surface area contributed by atoms with Crippen LogP contribution in [0.15, 0.2) is 42.5 Å². The lowest BCUT2D eigenvalue weighted by atomic mass is 10.1. The first-order valence-corrected chi connectivity index (χ1v) is 7.66. The number of nitrogens with zero attached hydrogens (tertiary/aromatic N) is 1. The second-order valence-corrected chi connectivity index (χ2v) is 5.92. The summed E-state index contributed by atoms with van der Waals surface area (Å²) in [7, 11) is 1.99. The Balaban J connectivity index is 1.91. The number of hydrogen-bond donors (Lipinski definition) is 2. The van der Waals surface area contributed by atoms with Crippen LogP contribution in [0.25, 0.3) is 0 Å². The van der Waals surface area contributed by atoms with Crippen molar-refractivity contribution < 1.29 is 9.69 Å². The fourth-order valence-electron chi connectivity index (χ4n) is 2.46. The van der Waals surface area contributed by atoms with E-state index >= 15 is 0 Å². The molecule has 0 spiro atoms. The monoisotopic (exact) mass is 308 g/mol. The molecule has 0 aliphatic rings. The van der Waals surface area contributed by atoms with Gasteiger partial charge in [0.25, 0.3) is 5.91 Å². The van der Waals surface area contributed by atoms with Crippen molar-refractivity contribution in [3.05, 3.63) is 64.7 Å². The summed E-state index contributed by atoms with van der Waals surface area (Å²) in [5.74, 6) is 0.00449. The van der Waals surface area contributed by atoms with Gasteiger partial charge in [-0.1, -0.05) is 24.3 Å². The van der Waals surface area contributed by atoms with E-state index in [-0.39, 0.29) is 5.91 Å². The van der Waals surface area contributed by atoms with Gasteiger partial charge < -0.3 is 10.2 Å². The summed E-state index contributed by atoms with van der Waals surface area (Å²) in [5.41, 5.74) is 4.91. The van der Waals surface area contributed by atoms with Crippen LogP contribution in [0.1, 0.15) is 22.3 Å². The summed E-state index contributed by atoms with van der Waals surface area (Å²) in [6.45, 7) is 5.19. The number of benzene rings is 2. The summed E-state index contributed by atoms with van der Waals surface area (Å²) in [4.78, 5) is 13.3. The molecule has 4 heteroatoms. The number of anilines is 1. The van der Waals surface area contributed by atoms with Crippen LogP contribution in [0.4, 0.5) is 5.69 Å². The molecule has 2 aromatic carbocycles. The van der Waals surface area contributed by atoms with E-state index in [0.717, 1.165) is 28.3 Å². The van der Waals surface area contributed by atoms with Crippen LogP contribution in [0.5, 0.6) is 0 Å². The lowest BCUT2D eigenvalue weighted by Gasteiger charge is -2.15. The highest BCUT2D eigenvalue weighted by molar-refractivity contribution is 5.92. The SMILES string of the molecule is Cc1cccc(NC(=O)C[NH+](C)Cc2ccc(C#N)cc2)c1C. The molecule has 118 valence electrons.